The molecule has 0 radical (unpaired) electrons. The molecular weight excluding hydrogens is 706 g/mol. The zero-order valence-corrected chi connectivity index (χ0v) is 28.1. The SMILES string of the molecule is Cc1ccc2nc(-c3c(OP(=O)(O)OC(=O)c4ccc(NC(=N)N)cc4)cccc3OP(=O)(O)OC(=O)c3ccc(NC(=N)N)cc3)ncc2c1. The summed E-state index contributed by atoms with van der Waals surface area (Å²) in [4.78, 5) is 55.5. The van der Waals surface area contributed by atoms with Crippen LogP contribution < -0.4 is 31.1 Å². The number of aryl methyl sites for hydroxylation is 1. The topological polar surface area (TPSA) is 295 Å². The Labute approximate surface area is 288 Å². The summed E-state index contributed by atoms with van der Waals surface area (Å²) in [5, 5.41) is 20.2. The second-order valence-corrected chi connectivity index (χ2v) is 13.1. The summed E-state index contributed by atoms with van der Waals surface area (Å²) in [6, 6.07) is 19.3. The third-order valence-corrected chi connectivity index (χ3v) is 8.22. The second-order valence-electron chi connectivity index (χ2n) is 10.5. The lowest BCUT2D eigenvalue weighted by atomic mass is 10.1. The number of benzene rings is 4. The molecule has 0 aliphatic heterocycles. The van der Waals surface area contributed by atoms with Gasteiger partial charge >= 0.3 is 27.6 Å². The number of carbonyl (C=O) groups is 2. The van der Waals surface area contributed by atoms with Crippen molar-refractivity contribution in [1.82, 2.24) is 9.97 Å². The van der Waals surface area contributed by atoms with Crippen molar-refractivity contribution < 1.29 is 46.6 Å². The van der Waals surface area contributed by atoms with E-state index in [1.807, 2.05) is 6.92 Å². The summed E-state index contributed by atoms with van der Waals surface area (Å²) in [6.45, 7) is 1.86. The number of guanidine groups is 2. The maximum absolute atomic E-state index is 13.1. The number of phosphoric acid groups is 2. The van der Waals surface area contributed by atoms with Gasteiger partial charge in [0.15, 0.2) is 17.7 Å². The van der Waals surface area contributed by atoms with Crippen LogP contribution in [0.5, 0.6) is 11.5 Å². The van der Waals surface area contributed by atoms with Gasteiger partial charge in [-0.2, -0.15) is 0 Å². The van der Waals surface area contributed by atoms with Gasteiger partial charge in [0.05, 0.1) is 16.6 Å². The van der Waals surface area contributed by atoms with Gasteiger partial charge in [0.25, 0.3) is 0 Å². The predicted octanol–water partition coefficient (Wildman–Crippen LogP) is 4.89. The highest BCUT2D eigenvalue weighted by molar-refractivity contribution is 7.48. The van der Waals surface area contributed by atoms with Crippen LogP contribution in [0.15, 0.2) is 91.1 Å². The minimum Gasteiger partial charge on any atom is -0.394 e. The van der Waals surface area contributed by atoms with Gasteiger partial charge in [-0.15, -0.1) is 0 Å². The number of nitrogens with zero attached hydrogens (tertiary/aromatic N) is 2. The number of carbonyl (C=O) groups excluding carboxylic acids is 2. The van der Waals surface area contributed by atoms with Gasteiger partial charge in [-0.3, -0.25) is 20.6 Å². The van der Waals surface area contributed by atoms with Crippen LogP contribution in [-0.2, 0) is 18.2 Å². The van der Waals surface area contributed by atoms with Crippen LogP contribution >= 0.6 is 15.6 Å². The molecule has 5 rings (SSSR count). The summed E-state index contributed by atoms with van der Waals surface area (Å²) >= 11 is 0. The van der Waals surface area contributed by atoms with Gasteiger partial charge in [-0.25, -0.2) is 28.7 Å². The van der Waals surface area contributed by atoms with E-state index in [4.69, 9.17) is 40.4 Å². The average molecular weight is 735 g/mol. The molecule has 5 aromatic rings. The summed E-state index contributed by atoms with van der Waals surface area (Å²) in [5.74, 6) is -4.45. The molecule has 0 spiro atoms. The lowest BCUT2D eigenvalue weighted by molar-refractivity contribution is 0.0670. The molecule has 10 N–H and O–H groups in total. The molecule has 20 heteroatoms. The van der Waals surface area contributed by atoms with Crippen LogP contribution in [0.2, 0.25) is 0 Å². The van der Waals surface area contributed by atoms with E-state index in [1.165, 1.54) is 60.8 Å². The summed E-state index contributed by atoms with van der Waals surface area (Å²) in [6.07, 6.45) is 1.43. The van der Waals surface area contributed by atoms with Crippen molar-refractivity contribution in [2.24, 2.45) is 11.5 Å². The number of aromatic nitrogens is 2. The van der Waals surface area contributed by atoms with Crippen molar-refractivity contribution >= 4 is 61.8 Å². The third kappa shape index (κ3) is 9.44. The number of phosphoric ester groups is 2. The van der Waals surface area contributed by atoms with Gasteiger partial charge in [-0.1, -0.05) is 17.7 Å². The van der Waals surface area contributed by atoms with Crippen molar-refractivity contribution in [3.63, 3.8) is 0 Å². The van der Waals surface area contributed by atoms with Crippen molar-refractivity contribution in [3.05, 3.63) is 108 Å². The Hall–Kier alpha value is -6.32. The first-order valence-electron chi connectivity index (χ1n) is 14.4. The monoisotopic (exact) mass is 734 g/mol. The van der Waals surface area contributed by atoms with Gasteiger partial charge in [-0.05, 0) is 79.7 Å². The van der Waals surface area contributed by atoms with Crippen LogP contribution in [0, 0.1) is 17.7 Å². The molecule has 0 amide bonds. The minimum absolute atomic E-state index is 0.153. The van der Waals surface area contributed by atoms with E-state index in [2.05, 4.69) is 20.6 Å². The quantitative estimate of drug-likeness (QED) is 0.0509. The van der Waals surface area contributed by atoms with E-state index in [1.54, 1.807) is 18.2 Å². The Balaban J connectivity index is 1.45. The first kappa shape index (κ1) is 36.0. The molecule has 2 atom stereocenters. The molecular formula is C31H28N8O10P2. The minimum atomic E-state index is -5.29. The van der Waals surface area contributed by atoms with Gasteiger partial charge in [0.2, 0.25) is 0 Å². The highest BCUT2D eigenvalue weighted by atomic mass is 31.2. The van der Waals surface area contributed by atoms with Crippen LogP contribution in [0.3, 0.4) is 0 Å². The first-order valence-corrected chi connectivity index (χ1v) is 17.4. The Morgan fingerprint density at radius 2 is 1.22 bits per heavy atom. The molecule has 0 aliphatic rings. The smallest absolute Gasteiger partial charge is 0.394 e. The third-order valence-electron chi connectivity index (χ3n) is 6.57. The number of nitrogens with two attached hydrogens (primary N) is 2. The average Bonchev–Trinajstić information content (AvgIpc) is 3.04. The molecule has 0 fully saturated rings. The highest BCUT2D eigenvalue weighted by Gasteiger charge is 2.35. The predicted molar refractivity (Wildman–Crippen MR) is 185 cm³/mol. The number of hydrogen-bond acceptors (Lipinski definition) is 12. The molecule has 2 unspecified atom stereocenters. The fraction of sp³-hybridized carbons (Fsp3) is 0.0323. The van der Waals surface area contributed by atoms with E-state index in [-0.39, 0.29) is 34.4 Å². The lowest BCUT2D eigenvalue weighted by Crippen LogP contribution is -2.20. The molecule has 262 valence electrons. The van der Waals surface area contributed by atoms with Crippen molar-refractivity contribution in [2.45, 2.75) is 6.92 Å². The fourth-order valence-corrected chi connectivity index (χ4v) is 5.95. The van der Waals surface area contributed by atoms with Gasteiger partial charge in [0, 0.05) is 23.0 Å². The van der Waals surface area contributed by atoms with Gasteiger partial charge in [0.1, 0.15) is 17.1 Å². The maximum atomic E-state index is 13.1. The lowest BCUT2D eigenvalue weighted by Gasteiger charge is -2.19. The Bertz CT molecular complexity index is 2160. The Morgan fingerprint density at radius 3 is 1.67 bits per heavy atom. The fourth-order valence-electron chi connectivity index (χ4n) is 4.45. The standard InChI is InChI=1S/C31H28N8O10P2/c1-17-5-14-23-20(15-17)16-36-27(39-23)26-24(46-50(42,43)48-28(40)18-6-10-21(11-7-18)37-30(32)33)3-2-4-25(26)47-51(44,45)49-29(41)19-8-12-22(13-9-19)38-31(34)35/h2-16H,1H3,(H,42,43)(H,44,45)(H4,32,33,37)(H4,34,35,38). The molecule has 51 heavy (non-hydrogen) atoms. The van der Waals surface area contributed by atoms with Crippen LogP contribution in [0.1, 0.15) is 26.3 Å². The molecule has 0 bridgehead atoms. The maximum Gasteiger partial charge on any atom is 0.587 e. The Kier molecular flexibility index (Phi) is 10.3. The van der Waals surface area contributed by atoms with Crippen molar-refractivity contribution in [3.8, 4) is 22.9 Å². The number of nitrogens with one attached hydrogen (secondary N) is 4. The van der Waals surface area contributed by atoms with E-state index in [0.29, 0.717) is 22.3 Å². The molecule has 0 saturated heterocycles. The summed E-state index contributed by atoms with van der Waals surface area (Å²) < 4.78 is 46.4. The molecule has 4 aromatic carbocycles. The zero-order chi connectivity index (χ0) is 36.9. The molecule has 0 aliphatic carbocycles. The van der Waals surface area contributed by atoms with Crippen molar-refractivity contribution in [1.29, 1.82) is 10.8 Å². The zero-order valence-electron chi connectivity index (χ0n) is 26.3. The summed E-state index contributed by atoms with van der Waals surface area (Å²) in [7, 11) is -10.6. The van der Waals surface area contributed by atoms with Gasteiger partial charge < -0.3 is 40.2 Å². The van der Waals surface area contributed by atoms with E-state index >= 15 is 0 Å². The number of rotatable bonds is 11. The molecule has 0 saturated carbocycles. The largest absolute Gasteiger partial charge is 0.587 e. The van der Waals surface area contributed by atoms with E-state index < -0.39 is 39.1 Å². The normalized spacial score (nSPS) is 13.2. The van der Waals surface area contributed by atoms with Crippen LogP contribution in [0.25, 0.3) is 22.3 Å². The van der Waals surface area contributed by atoms with Crippen molar-refractivity contribution in [2.75, 3.05) is 10.6 Å². The number of fused-ring (bicyclic) bond motifs is 1. The van der Waals surface area contributed by atoms with E-state index in [9.17, 15) is 28.5 Å². The highest BCUT2D eigenvalue weighted by Crippen LogP contribution is 2.52. The molecule has 1 heterocycles. The van der Waals surface area contributed by atoms with Crippen LogP contribution in [-0.4, -0.2) is 43.6 Å². The Morgan fingerprint density at radius 1 is 0.745 bits per heavy atom. The van der Waals surface area contributed by atoms with Crippen LogP contribution in [0.4, 0.5) is 11.4 Å². The van der Waals surface area contributed by atoms with E-state index in [0.717, 1.165) is 17.7 Å². The summed E-state index contributed by atoms with van der Waals surface area (Å²) in [5.41, 5.74) is 12.0. The molecule has 1 aromatic heterocycles. The first-order chi connectivity index (χ1) is 24.1. The molecule has 18 nitrogen and oxygen atoms in total. The number of anilines is 2. The number of hydrogen-bond donors (Lipinski definition) is 8. The second kappa shape index (κ2) is 14.7.